The average Bonchev–Trinajstić information content (AvgIpc) is 3.34. The molecule has 0 bridgehead atoms. The first-order valence-electron chi connectivity index (χ1n) is 12.6. The van der Waals surface area contributed by atoms with Crippen molar-refractivity contribution in [2.75, 3.05) is 46.5 Å². The third kappa shape index (κ3) is 4.81. The van der Waals surface area contributed by atoms with Gasteiger partial charge in [0.15, 0.2) is 5.78 Å². The summed E-state index contributed by atoms with van der Waals surface area (Å²) in [6.07, 6.45) is 0.416. The van der Waals surface area contributed by atoms with Crippen molar-refractivity contribution in [1.82, 2.24) is 15.2 Å². The van der Waals surface area contributed by atoms with E-state index in [0.717, 1.165) is 55.3 Å². The van der Waals surface area contributed by atoms with Crippen molar-refractivity contribution in [3.05, 3.63) is 77.0 Å². The minimum absolute atomic E-state index is 0.00309. The normalized spacial score (nSPS) is 20.1. The molecule has 1 aliphatic carbocycles. The van der Waals surface area contributed by atoms with E-state index in [0.29, 0.717) is 29.9 Å². The van der Waals surface area contributed by atoms with Crippen LogP contribution in [0.15, 0.2) is 54.6 Å². The molecule has 1 saturated heterocycles. The zero-order chi connectivity index (χ0) is 25.1. The molecule has 2 heterocycles. The third-order valence-electron chi connectivity index (χ3n) is 7.43. The fourth-order valence-electron chi connectivity index (χ4n) is 5.43. The second kappa shape index (κ2) is 10.7. The lowest BCUT2D eigenvalue weighted by Crippen LogP contribution is -2.41. The van der Waals surface area contributed by atoms with Gasteiger partial charge in [0.2, 0.25) is 0 Å². The largest absolute Gasteiger partial charge is 0.497 e. The van der Waals surface area contributed by atoms with Gasteiger partial charge in [0.05, 0.1) is 37.3 Å². The summed E-state index contributed by atoms with van der Waals surface area (Å²) in [7, 11) is 1.62. The van der Waals surface area contributed by atoms with Gasteiger partial charge in [-0.15, -0.1) is 0 Å². The number of morpholine rings is 1. The average molecular weight is 488 g/mol. The molecule has 0 saturated carbocycles. The zero-order valence-electron chi connectivity index (χ0n) is 20.9. The van der Waals surface area contributed by atoms with Gasteiger partial charge in [-0.3, -0.25) is 14.5 Å². The van der Waals surface area contributed by atoms with Crippen LogP contribution in [0.3, 0.4) is 0 Å². The number of hydrogen-bond acceptors (Lipinski definition) is 5. The number of Topliss-reactive ketones (excluding diaryl/α,β-unsaturated/α-hetero) is 1. The molecule has 188 valence electrons. The number of hydrogen-bond donors (Lipinski definition) is 2. The quantitative estimate of drug-likeness (QED) is 0.521. The highest BCUT2D eigenvalue weighted by Crippen LogP contribution is 2.46. The van der Waals surface area contributed by atoms with Gasteiger partial charge in [-0.2, -0.15) is 0 Å². The lowest BCUT2D eigenvalue weighted by molar-refractivity contribution is 0.0383. The number of ether oxygens (including phenoxy) is 2. The van der Waals surface area contributed by atoms with Crippen molar-refractivity contribution < 1.29 is 19.1 Å². The van der Waals surface area contributed by atoms with E-state index in [9.17, 15) is 9.59 Å². The van der Waals surface area contributed by atoms with E-state index in [4.69, 9.17) is 9.47 Å². The van der Waals surface area contributed by atoms with E-state index in [1.54, 1.807) is 7.11 Å². The van der Waals surface area contributed by atoms with Gasteiger partial charge in [0.1, 0.15) is 5.75 Å². The van der Waals surface area contributed by atoms with Gasteiger partial charge in [0.25, 0.3) is 5.91 Å². The molecule has 7 heteroatoms. The molecule has 5 rings (SSSR count). The minimum Gasteiger partial charge on any atom is -0.497 e. The number of ketones is 1. The number of benzene rings is 2. The van der Waals surface area contributed by atoms with Crippen LogP contribution in [-0.2, 0) is 4.74 Å². The number of nitrogens with zero attached hydrogens (tertiary/aromatic N) is 1. The summed E-state index contributed by atoms with van der Waals surface area (Å²) in [5.74, 6) is 0.646. The van der Waals surface area contributed by atoms with Crippen LogP contribution in [0.2, 0.25) is 0 Å². The van der Waals surface area contributed by atoms with Crippen LogP contribution in [0.5, 0.6) is 5.75 Å². The highest BCUT2D eigenvalue weighted by molar-refractivity contribution is 6.08. The summed E-state index contributed by atoms with van der Waals surface area (Å²) in [5, 5.41) is 3.13. The highest BCUT2D eigenvalue weighted by atomic mass is 16.5. The number of aromatic amines is 1. The predicted octanol–water partition coefficient (Wildman–Crippen LogP) is 4.23. The fraction of sp³-hybridized carbons (Fsp3) is 0.379. The maximum atomic E-state index is 13.7. The Bertz CT molecular complexity index is 1210. The molecule has 7 nitrogen and oxygen atoms in total. The Balaban J connectivity index is 1.50. The smallest absolute Gasteiger partial charge is 0.253 e. The van der Waals surface area contributed by atoms with E-state index in [2.05, 4.69) is 34.3 Å². The molecule has 1 aliphatic heterocycles. The Morgan fingerprint density at radius 3 is 2.50 bits per heavy atom. The number of carbonyl (C=O) groups is 2. The number of carbonyl (C=O) groups excluding carboxylic acids is 2. The van der Waals surface area contributed by atoms with Crippen LogP contribution in [0.1, 0.15) is 57.2 Å². The lowest BCUT2D eigenvalue weighted by atomic mass is 9.73. The standard InChI is InChI=1S/C29H33N3O4/c1-19-23(20-6-4-3-5-7-20)18-24(33)28-25(19)26(27(31-28)21-8-10-22(35-2)11-9-21)29(34)30-12-13-32-14-16-36-17-15-32/h3-11,19,23,31H,12-18H2,1-2H3,(H,30,34)/t19-,23+/m0/s1. The summed E-state index contributed by atoms with van der Waals surface area (Å²) >= 11 is 0. The summed E-state index contributed by atoms with van der Waals surface area (Å²) in [6.45, 7) is 6.61. The Kier molecular flexibility index (Phi) is 7.20. The molecule has 36 heavy (non-hydrogen) atoms. The number of methoxy groups -OCH3 is 1. The van der Waals surface area contributed by atoms with Crippen molar-refractivity contribution in [3.8, 4) is 17.0 Å². The topological polar surface area (TPSA) is 83.7 Å². The van der Waals surface area contributed by atoms with Gasteiger partial charge in [-0.05, 0) is 52.8 Å². The second-order valence-electron chi connectivity index (χ2n) is 9.54. The van der Waals surface area contributed by atoms with Gasteiger partial charge < -0.3 is 19.8 Å². The van der Waals surface area contributed by atoms with Gasteiger partial charge in [0, 0.05) is 32.6 Å². The number of amides is 1. The van der Waals surface area contributed by atoms with Crippen molar-refractivity contribution in [3.63, 3.8) is 0 Å². The van der Waals surface area contributed by atoms with Crippen LogP contribution in [0, 0.1) is 0 Å². The highest BCUT2D eigenvalue weighted by Gasteiger charge is 2.38. The number of rotatable bonds is 7. The number of nitrogens with one attached hydrogen (secondary N) is 2. The fourth-order valence-corrected chi connectivity index (χ4v) is 5.43. The summed E-state index contributed by atoms with van der Waals surface area (Å²) in [6, 6.07) is 17.7. The summed E-state index contributed by atoms with van der Waals surface area (Å²) < 4.78 is 10.7. The maximum Gasteiger partial charge on any atom is 0.253 e. The van der Waals surface area contributed by atoms with Crippen LogP contribution in [0.25, 0.3) is 11.3 Å². The van der Waals surface area contributed by atoms with Crippen LogP contribution < -0.4 is 10.1 Å². The van der Waals surface area contributed by atoms with Gasteiger partial charge >= 0.3 is 0 Å². The Morgan fingerprint density at radius 2 is 1.81 bits per heavy atom. The van der Waals surface area contributed by atoms with Crippen LogP contribution in [0.4, 0.5) is 0 Å². The van der Waals surface area contributed by atoms with Crippen LogP contribution >= 0.6 is 0 Å². The van der Waals surface area contributed by atoms with E-state index in [1.165, 1.54) is 0 Å². The van der Waals surface area contributed by atoms with Crippen molar-refractivity contribution >= 4 is 11.7 Å². The number of aromatic nitrogens is 1. The molecule has 2 atom stereocenters. The van der Waals surface area contributed by atoms with Crippen LogP contribution in [-0.4, -0.2) is 68.1 Å². The molecular formula is C29H33N3O4. The Morgan fingerprint density at radius 1 is 1.08 bits per heavy atom. The molecule has 0 spiro atoms. The minimum atomic E-state index is -0.153. The molecule has 0 radical (unpaired) electrons. The molecule has 0 unspecified atom stereocenters. The molecule has 1 fully saturated rings. The van der Waals surface area contributed by atoms with E-state index >= 15 is 0 Å². The Hall–Kier alpha value is -3.42. The third-order valence-corrected chi connectivity index (χ3v) is 7.43. The molecule has 1 aromatic heterocycles. The second-order valence-corrected chi connectivity index (χ2v) is 9.54. The number of H-pyrrole nitrogens is 1. The van der Waals surface area contributed by atoms with Gasteiger partial charge in [-0.25, -0.2) is 0 Å². The summed E-state index contributed by atoms with van der Waals surface area (Å²) in [4.78, 5) is 32.7. The van der Waals surface area contributed by atoms with Crippen molar-refractivity contribution in [2.24, 2.45) is 0 Å². The van der Waals surface area contributed by atoms with E-state index < -0.39 is 0 Å². The molecule has 2 aliphatic rings. The first-order chi connectivity index (χ1) is 17.6. The zero-order valence-corrected chi connectivity index (χ0v) is 20.9. The molecule has 2 aromatic carbocycles. The summed E-state index contributed by atoms with van der Waals surface area (Å²) in [5.41, 5.74) is 4.59. The molecule has 3 aromatic rings. The van der Waals surface area contributed by atoms with Gasteiger partial charge in [-0.1, -0.05) is 37.3 Å². The van der Waals surface area contributed by atoms with E-state index in [-0.39, 0.29) is 23.5 Å². The Labute approximate surface area is 211 Å². The SMILES string of the molecule is COc1ccc(-c2[nH]c3c(c2C(=O)NCCN2CCOCC2)[C@@H](C)[C@H](c2ccccc2)CC3=O)cc1. The molecule has 2 N–H and O–H groups in total. The first-order valence-corrected chi connectivity index (χ1v) is 12.6. The van der Waals surface area contributed by atoms with E-state index in [1.807, 2.05) is 42.5 Å². The number of fused-ring (bicyclic) bond motifs is 1. The van der Waals surface area contributed by atoms with Crippen molar-refractivity contribution in [2.45, 2.75) is 25.2 Å². The monoisotopic (exact) mass is 487 g/mol. The maximum absolute atomic E-state index is 13.7. The lowest BCUT2D eigenvalue weighted by Gasteiger charge is -2.29. The molecular weight excluding hydrogens is 454 g/mol. The first kappa shape index (κ1) is 24.3. The predicted molar refractivity (Wildman–Crippen MR) is 139 cm³/mol. The van der Waals surface area contributed by atoms with Crippen molar-refractivity contribution in [1.29, 1.82) is 0 Å². The molecule has 1 amide bonds.